The lowest BCUT2D eigenvalue weighted by Gasteiger charge is -2.51. The van der Waals surface area contributed by atoms with Crippen LogP contribution in [0.1, 0.15) is 42.9 Å². The highest BCUT2D eigenvalue weighted by Crippen LogP contribution is 2.35. The molecule has 1 unspecified atom stereocenters. The van der Waals surface area contributed by atoms with Crippen LogP contribution in [0.3, 0.4) is 0 Å². The van der Waals surface area contributed by atoms with Crippen molar-refractivity contribution in [1.29, 1.82) is 0 Å². The van der Waals surface area contributed by atoms with E-state index in [4.69, 9.17) is 18.7 Å². The van der Waals surface area contributed by atoms with E-state index >= 15 is 0 Å². The number of aromatic nitrogens is 1. The number of amides is 1. The fourth-order valence-electron chi connectivity index (χ4n) is 3.48. The molecule has 1 spiro atoms. The predicted molar refractivity (Wildman–Crippen MR) is 81.1 cm³/mol. The Morgan fingerprint density at radius 1 is 1.43 bits per heavy atom. The normalized spacial score (nSPS) is 27.3. The quantitative estimate of drug-likeness (QED) is 0.841. The number of rotatable bonds is 3. The van der Waals surface area contributed by atoms with Gasteiger partial charge in [-0.25, -0.2) is 0 Å². The number of hydrogen-bond acceptors (Lipinski definition) is 6. The van der Waals surface area contributed by atoms with E-state index < -0.39 is 11.2 Å². The third-order valence-corrected chi connectivity index (χ3v) is 4.18. The van der Waals surface area contributed by atoms with Gasteiger partial charge < -0.3 is 23.6 Å². The van der Waals surface area contributed by atoms with Gasteiger partial charge in [0, 0.05) is 26.3 Å². The number of nitrogens with zero attached hydrogens (tertiary/aromatic N) is 2. The van der Waals surface area contributed by atoms with E-state index in [1.165, 1.54) is 0 Å². The van der Waals surface area contributed by atoms with Crippen molar-refractivity contribution in [2.75, 3.05) is 33.4 Å². The van der Waals surface area contributed by atoms with E-state index in [2.05, 4.69) is 5.16 Å². The molecule has 0 radical (unpaired) electrons. The van der Waals surface area contributed by atoms with E-state index in [1.54, 1.807) is 18.1 Å². The molecule has 0 bridgehead atoms. The minimum Gasteiger partial charge on any atom is -0.378 e. The number of carbonyl (C=O) groups is 1. The SMILES string of the molecule is COCc1cc(C(=O)N2CC(C)(C)OC3(CCCOC3)C2)no1. The maximum Gasteiger partial charge on any atom is 0.276 e. The Kier molecular flexibility index (Phi) is 4.44. The van der Waals surface area contributed by atoms with E-state index in [9.17, 15) is 4.79 Å². The summed E-state index contributed by atoms with van der Waals surface area (Å²) >= 11 is 0. The minimum absolute atomic E-state index is 0.141. The molecule has 1 aromatic heterocycles. The van der Waals surface area contributed by atoms with Crippen LogP contribution in [0.15, 0.2) is 10.6 Å². The maximum atomic E-state index is 12.8. The van der Waals surface area contributed by atoms with Crippen molar-refractivity contribution < 1.29 is 23.5 Å². The van der Waals surface area contributed by atoms with Gasteiger partial charge in [0.05, 0.1) is 18.8 Å². The van der Waals surface area contributed by atoms with Crippen LogP contribution in [0, 0.1) is 0 Å². The summed E-state index contributed by atoms with van der Waals surface area (Å²) in [4.78, 5) is 14.6. The highest BCUT2D eigenvalue weighted by molar-refractivity contribution is 5.92. The summed E-state index contributed by atoms with van der Waals surface area (Å²) in [5.41, 5.74) is -0.538. The molecule has 0 saturated carbocycles. The van der Waals surface area contributed by atoms with Gasteiger partial charge in [-0.3, -0.25) is 4.79 Å². The lowest BCUT2D eigenvalue weighted by atomic mass is 9.90. The first-order chi connectivity index (χ1) is 10.9. The van der Waals surface area contributed by atoms with Crippen LogP contribution in [0.25, 0.3) is 0 Å². The summed E-state index contributed by atoms with van der Waals surface area (Å²) in [6, 6.07) is 1.64. The molecule has 7 heteroatoms. The van der Waals surface area contributed by atoms with Crippen molar-refractivity contribution in [2.24, 2.45) is 0 Å². The summed E-state index contributed by atoms with van der Waals surface area (Å²) in [5.74, 6) is 0.400. The van der Waals surface area contributed by atoms with Crippen molar-refractivity contribution in [2.45, 2.75) is 44.5 Å². The molecule has 1 amide bonds. The minimum atomic E-state index is -0.423. The Labute approximate surface area is 135 Å². The van der Waals surface area contributed by atoms with Crippen LogP contribution in [0.2, 0.25) is 0 Å². The standard InChI is InChI=1S/C16H24N2O5/c1-15(2)9-18(10-16(23-15)5-4-6-21-11-16)14(19)13-7-12(8-20-3)22-17-13/h7H,4-6,8-11H2,1-3H3. The van der Waals surface area contributed by atoms with Gasteiger partial charge >= 0.3 is 0 Å². The van der Waals surface area contributed by atoms with Gasteiger partial charge in [0.1, 0.15) is 12.2 Å². The highest BCUT2D eigenvalue weighted by atomic mass is 16.6. The van der Waals surface area contributed by atoms with E-state index in [0.717, 1.165) is 19.4 Å². The first-order valence-electron chi connectivity index (χ1n) is 7.95. The Bertz CT molecular complexity index is 563. The predicted octanol–water partition coefficient (Wildman–Crippen LogP) is 1.62. The zero-order valence-electron chi connectivity index (χ0n) is 14.0. The van der Waals surface area contributed by atoms with Gasteiger partial charge in [-0.15, -0.1) is 0 Å². The van der Waals surface area contributed by atoms with Gasteiger partial charge in [-0.05, 0) is 26.7 Å². The van der Waals surface area contributed by atoms with Crippen LogP contribution in [0.5, 0.6) is 0 Å². The molecule has 128 valence electrons. The summed E-state index contributed by atoms with van der Waals surface area (Å²) in [6.07, 6.45) is 1.84. The summed E-state index contributed by atoms with van der Waals surface area (Å²) in [6.45, 7) is 6.61. The van der Waals surface area contributed by atoms with Crippen molar-refractivity contribution >= 4 is 5.91 Å². The third kappa shape index (κ3) is 3.57. The van der Waals surface area contributed by atoms with Crippen molar-refractivity contribution in [1.82, 2.24) is 10.1 Å². The number of methoxy groups -OCH3 is 1. The lowest BCUT2D eigenvalue weighted by Crippen LogP contribution is -2.63. The molecular formula is C16H24N2O5. The molecule has 2 fully saturated rings. The first-order valence-corrected chi connectivity index (χ1v) is 7.95. The van der Waals surface area contributed by atoms with Crippen LogP contribution in [-0.2, 0) is 20.8 Å². The molecule has 1 atom stereocenters. The summed E-state index contributed by atoms with van der Waals surface area (Å²) in [5, 5.41) is 3.87. The van der Waals surface area contributed by atoms with Crippen LogP contribution < -0.4 is 0 Å². The van der Waals surface area contributed by atoms with E-state index in [0.29, 0.717) is 37.8 Å². The van der Waals surface area contributed by atoms with Crippen LogP contribution >= 0.6 is 0 Å². The smallest absolute Gasteiger partial charge is 0.276 e. The van der Waals surface area contributed by atoms with Crippen molar-refractivity contribution in [3.8, 4) is 0 Å². The van der Waals surface area contributed by atoms with Gasteiger partial charge in [0.15, 0.2) is 11.5 Å². The highest BCUT2D eigenvalue weighted by Gasteiger charge is 2.47. The second-order valence-corrected chi connectivity index (χ2v) is 6.97. The monoisotopic (exact) mass is 324 g/mol. The molecule has 1 aromatic rings. The van der Waals surface area contributed by atoms with Gasteiger partial charge in [-0.1, -0.05) is 5.16 Å². The lowest BCUT2D eigenvalue weighted by molar-refractivity contribution is -0.225. The second-order valence-electron chi connectivity index (χ2n) is 6.97. The molecule has 2 aliphatic rings. The third-order valence-electron chi connectivity index (χ3n) is 4.18. The number of ether oxygens (including phenoxy) is 3. The Balaban J connectivity index is 1.78. The van der Waals surface area contributed by atoms with E-state index in [-0.39, 0.29) is 5.91 Å². The number of hydrogen-bond donors (Lipinski definition) is 0. The molecule has 0 N–H and O–H groups in total. The second kappa shape index (κ2) is 6.22. The average molecular weight is 324 g/mol. The van der Waals surface area contributed by atoms with Gasteiger partial charge in [-0.2, -0.15) is 0 Å². The molecule has 0 aromatic carbocycles. The van der Waals surface area contributed by atoms with E-state index in [1.807, 2.05) is 13.8 Å². The first kappa shape index (κ1) is 16.4. The zero-order chi connectivity index (χ0) is 16.5. The molecule has 3 heterocycles. The Morgan fingerprint density at radius 2 is 2.26 bits per heavy atom. The zero-order valence-corrected chi connectivity index (χ0v) is 14.0. The molecular weight excluding hydrogens is 300 g/mol. The fourth-order valence-corrected chi connectivity index (χ4v) is 3.48. The van der Waals surface area contributed by atoms with Gasteiger partial charge in [0.25, 0.3) is 5.91 Å². The summed E-state index contributed by atoms with van der Waals surface area (Å²) < 4.78 is 22.0. The Hall–Kier alpha value is -1.44. The largest absolute Gasteiger partial charge is 0.378 e. The van der Waals surface area contributed by atoms with Crippen LogP contribution in [0.4, 0.5) is 0 Å². The average Bonchev–Trinajstić information content (AvgIpc) is 2.94. The topological polar surface area (TPSA) is 74.0 Å². The fraction of sp³-hybridized carbons (Fsp3) is 0.750. The molecule has 2 aliphatic heterocycles. The van der Waals surface area contributed by atoms with Crippen molar-refractivity contribution in [3.63, 3.8) is 0 Å². The molecule has 0 aliphatic carbocycles. The molecule has 23 heavy (non-hydrogen) atoms. The Morgan fingerprint density at radius 3 is 2.96 bits per heavy atom. The molecule has 7 nitrogen and oxygen atoms in total. The molecule has 2 saturated heterocycles. The van der Waals surface area contributed by atoms with Gasteiger partial charge in [0.2, 0.25) is 0 Å². The number of morpholine rings is 1. The molecule has 3 rings (SSSR count). The maximum absolute atomic E-state index is 12.8. The summed E-state index contributed by atoms with van der Waals surface area (Å²) in [7, 11) is 1.57. The van der Waals surface area contributed by atoms with Crippen molar-refractivity contribution in [3.05, 3.63) is 17.5 Å². The van der Waals surface area contributed by atoms with Crippen LogP contribution in [-0.4, -0.2) is 60.6 Å². The number of carbonyl (C=O) groups excluding carboxylic acids is 1.